The summed E-state index contributed by atoms with van der Waals surface area (Å²) in [6, 6.07) is 10.4. The molecule has 0 aliphatic rings. The van der Waals surface area contributed by atoms with E-state index in [2.05, 4.69) is 0 Å². The lowest BCUT2D eigenvalue weighted by Crippen LogP contribution is -2.06. The Morgan fingerprint density at radius 3 is 2.42 bits per heavy atom. The van der Waals surface area contributed by atoms with E-state index in [4.69, 9.17) is 9.79 Å². The zero-order chi connectivity index (χ0) is 17.7. The van der Waals surface area contributed by atoms with E-state index in [9.17, 15) is 19.6 Å². The van der Waals surface area contributed by atoms with E-state index in [1.165, 1.54) is 18.2 Å². The molecule has 2 rings (SSSR count). The van der Waals surface area contributed by atoms with Crippen LogP contribution in [0, 0.1) is 0 Å². The fraction of sp³-hybridized carbons (Fsp3) is 0.188. The van der Waals surface area contributed by atoms with Gasteiger partial charge in [-0.05, 0) is 48.7 Å². The summed E-state index contributed by atoms with van der Waals surface area (Å²) in [6.45, 7) is 0. The normalized spacial score (nSPS) is 11.2. The minimum absolute atomic E-state index is 0.0224. The number of carbonyl (C=O) groups is 1. The van der Waals surface area contributed by atoms with Crippen molar-refractivity contribution in [1.82, 2.24) is 0 Å². The van der Waals surface area contributed by atoms with Crippen LogP contribution in [0.5, 0.6) is 11.5 Å². The minimum atomic E-state index is -4.56. The lowest BCUT2D eigenvalue weighted by molar-refractivity contribution is 0.0980. The molecule has 0 fully saturated rings. The fourth-order valence-electron chi connectivity index (χ4n) is 2.32. The third kappa shape index (κ3) is 5.38. The number of carbonyl (C=O) groups excluding carboxylic acids is 1. The standard InChI is InChI=1S/C16H18NO6P/c18-12-5-1-3-11(9-12)4-2-6-16(20)14-10-13(19)7-8-15(14)17-24(21,22)23/h1,3,5,7-10,18-19H,2,4,6H2,(H3,17,21,22,23). The van der Waals surface area contributed by atoms with Gasteiger partial charge in [-0.25, -0.2) is 4.57 Å². The highest BCUT2D eigenvalue weighted by molar-refractivity contribution is 7.53. The van der Waals surface area contributed by atoms with Crippen LogP contribution >= 0.6 is 7.75 Å². The molecule has 128 valence electrons. The Balaban J connectivity index is 2.06. The largest absolute Gasteiger partial charge is 0.508 e. The van der Waals surface area contributed by atoms with Crippen LogP contribution in [0.25, 0.3) is 0 Å². The molecule has 0 aliphatic heterocycles. The van der Waals surface area contributed by atoms with Crippen molar-refractivity contribution in [3.8, 4) is 11.5 Å². The number of hydrogen-bond acceptors (Lipinski definition) is 4. The van der Waals surface area contributed by atoms with Gasteiger partial charge in [-0.3, -0.25) is 9.88 Å². The van der Waals surface area contributed by atoms with Gasteiger partial charge in [0.25, 0.3) is 0 Å². The number of nitrogens with one attached hydrogen (secondary N) is 1. The summed E-state index contributed by atoms with van der Waals surface area (Å²) in [6.07, 6.45) is 1.20. The van der Waals surface area contributed by atoms with Crippen molar-refractivity contribution in [2.45, 2.75) is 19.3 Å². The molecular weight excluding hydrogens is 333 g/mol. The minimum Gasteiger partial charge on any atom is -0.508 e. The van der Waals surface area contributed by atoms with Crippen molar-refractivity contribution in [1.29, 1.82) is 0 Å². The number of ketones is 1. The maximum Gasteiger partial charge on any atom is 0.427 e. The van der Waals surface area contributed by atoms with Crippen LogP contribution in [0.1, 0.15) is 28.8 Å². The molecule has 0 atom stereocenters. The van der Waals surface area contributed by atoms with Crippen molar-refractivity contribution < 1.29 is 29.4 Å². The average molecular weight is 351 g/mol. The van der Waals surface area contributed by atoms with Crippen LogP contribution in [-0.2, 0) is 11.0 Å². The molecular formula is C16H18NO6P. The van der Waals surface area contributed by atoms with Gasteiger partial charge in [0.15, 0.2) is 5.78 Å². The Bertz CT molecular complexity index is 786. The number of benzene rings is 2. The van der Waals surface area contributed by atoms with Crippen LogP contribution in [0.15, 0.2) is 42.5 Å². The molecule has 0 saturated carbocycles. The van der Waals surface area contributed by atoms with E-state index in [-0.39, 0.29) is 35.0 Å². The van der Waals surface area contributed by atoms with Crippen molar-refractivity contribution in [2.75, 3.05) is 5.09 Å². The Hall–Kier alpha value is -2.34. The third-order valence-electron chi connectivity index (χ3n) is 3.35. The number of aryl methyl sites for hydroxylation is 1. The predicted octanol–water partition coefficient (Wildman–Crippen LogP) is 2.81. The van der Waals surface area contributed by atoms with Crippen LogP contribution in [0.2, 0.25) is 0 Å². The summed E-state index contributed by atoms with van der Waals surface area (Å²) in [5, 5.41) is 20.9. The molecule has 0 heterocycles. The van der Waals surface area contributed by atoms with Crippen molar-refractivity contribution in [2.24, 2.45) is 0 Å². The number of Topliss-reactive ketones (excluding diaryl/α,β-unsaturated/α-hetero) is 1. The second-order valence-corrected chi connectivity index (χ2v) is 6.64. The van der Waals surface area contributed by atoms with E-state index in [1.807, 2.05) is 11.2 Å². The number of rotatable bonds is 7. The smallest absolute Gasteiger partial charge is 0.427 e. The molecule has 7 nitrogen and oxygen atoms in total. The monoisotopic (exact) mass is 351 g/mol. The van der Waals surface area contributed by atoms with Crippen LogP contribution in [0.4, 0.5) is 5.69 Å². The summed E-state index contributed by atoms with van der Waals surface area (Å²) in [7, 11) is -4.56. The van der Waals surface area contributed by atoms with Crippen LogP contribution in [-0.4, -0.2) is 25.8 Å². The molecule has 8 heteroatoms. The van der Waals surface area contributed by atoms with Crippen LogP contribution in [0.3, 0.4) is 0 Å². The second-order valence-electron chi connectivity index (χ2n) is 5.33. The third-order valence-corrected chi connectivity index (χ3v) is 3.88. The molecule has 2 aromatic carbocycles. The van der Waals surface area contributed by atoms with Gasteiger partial charge in [0.05, 0.1) is 5.69 Å². The molecule has 0 bridgehead atoms. The Morgan fingerprint density at radius 1 is 1.04 bits per heavy atom. The Kier molecular flexibility index (Phi) is 5.62. The Labute approximate surface area is 138 Å². The van der Waals surface area contributed by atoms with E-state index >= 15 is 0 Å². The van der Waals surface area contributed by atoms with E-state index in [0.717, 1.165) is 5.56 Å². The number of anilines is 1. The maximum atomic E-state index is 12.3. The van der Waals surface area contributed by atoms with E-state index < -0.39 is 7.75 Å². The van der Waals surface area contributed by atoms with Crippen molar-refractivity contribution >= 4 is 19.2 Å². The molecule has 0 aromatic heterocycles. The summed E-state index contributed by atoms with van der Waals surface area (Å²) in [5.74, 6) is -0.357. The summed E-state index contributed by atoms with van der Waals surface area (Å²) in [5.41, 5.74) is 0.880. The lowest BCUT2D eigenvalue weighted by Gasteiger charge is -2.12. The van der Waals surface area contributed by atoms with Gasteiger partial charge in [0, 0.05) is 12.0 Å². The summed E-state index contributed by atoms with van der Waals surface area (Å²) in [4.78, 5) is 30.3. The van der Waals surface area contributed by atoms with Gasteiger partial charge in [-0.2, -0.15) is 0 Å². The molecule has 0 unspecified atom stereocenters. The molecule has 0 spiro atoms. The van der Waals surface area contributed by atoms with Gasteiger partial charge in [-0.1, -0.05) is 12.1 Å². The number of aromatic hydroxyl groups is 2. The molecule has 0 amide bonds. The summed E-state index contributed by atoms with van der Waals surface area (Å²) < 4.78 is 11.1. The first-order valence-electron chi connectivity index (χ1n) is 7.22. The molecule has 0 radical (unpaired) electrons. The summed E-state index contributed by atoms with van der Waals surface area (Å²) >= 11 is 0. The fourth-order valence-corrected chi connectivity index (χ4v) is 2.83. The molecule has 24 heavy (non-hydrogen) atoms. The first-order chi connectivity index (χ1) is 11.2. The number of phenolic OH excluding ortho intramolecular Hbond substituents is 2. The quantitative estimate of drug-likeness (QED) is 0.295. The number of phenols is 2. The predicted molar refractivity (Wildman–Crippen MR) is 89.1 cm³/mol. The lowest BCUT2D eigenvalue weighted by atomic mass is 10.0. The highest BCUT2D eigenvalue weighted by atomic mass is 31.2. The first-order valence-corrected chi connectivity index (χ1v) is 8.84. The molecule has 2 aromatic rings. The molecule has 0 saturated heterocycles. The second kappa shape index (κ2) is 7.49. The van der Waals surface area contributed by atoms with Crippen molar-refractivity contribution in [3.63, 3.8) is 0 Å². The Morgan fingerprint density at radius 2 is 1.75 bits per heavy atom. The maximum absolute atomic E-state index is 12.3. The van der Waals surface area contributed by atoms with Gasteiger partial charge >= 0.3 is 7.75 Å². The van der Waals surface area contributed by atoms with Gasteiger partial charge in [0.1, 0.15) is 11.5 Å². The zero-order valence-corrected chi connectivity index (χ0v) is 13.6. The van der Waals surface area contributed by atoms with Crippen LogP contribution < -0.4 is 5.09 Å². The molecule has 0 aliphatic carbocycles. The SMILES string of the molecule is O=C(CCCc1cccc(O)c1)c1cc(O)ccc1NP(=O)(O)O. The highest BCUT2D eigenvalue weighted by Gasteiger charge is 2.19. The van der Waals surface area contributed by atoms with E-state index in [0.29, 0.717) is 12.8 Å². The van der Waals surface area contributed by atoms with E-state index in [1.54, 1.807) is 18.2 Å². The van der Waals surface area contributed by atoms with Crippen molar-refractivity contribution in [3.05, 3.63) is 53.6 Å². The topological polar surface area (TPSA) is 127 Å². The van der Waals surface area contributed by atoms with Gasteiger partial charge in [-0.15, -0.1) is 0 Å². The zero-order valence-electron chi connectivity index (χ0n) is 12.7. The molecule has 5 N–H and O–H groups in total. The first kappa shape index (κ1) is 18.0. The highest BCUT2D eigenvalue weighted by Crippen LogP contribution is 2.37. The van der Waals surface area contributed by atoms with Gasteiger partial charge in [0.2, 0.25) is 0 Å². The van der Waals surface area contributed by atoms with Gasteiger partial charge < -0.3 is 20.0 Å². The number of hydrogen-bond donors (Lipinski definition) is 5. The average Bonchev–Trinajstić information content (AvgIpc) is 2.47.